The monoisotopic (exact) mass is 277 g/mol. The average molecular weight is 277 g/mol. The van der Waals surface area contributed by atoms with Crippen LogP contribution in [-0.2, 0) is 16.1 Å². The van der Waals surface area contributed by atoms with E-state index in [1.54, 1.807) is 0 Å². The highest BCUT2D eigenvalue weighted by molar-refractivity contribution is 5.66. The van der Waals surface area contributed by atoms with Crippen molar-refractivity contribution in [2.24, 2.45) is 0 Å². The van der Waals surface area contributed by atoms with Gasteiger partial charge in [0, 0.05) is 13.1 Å². The number of hydrogen-bond acceptors (Lipinski definition) is 3. The van der Waals surface area contributed by atoms with Crippen molar-refractivity contribution >= 4 is 5.97 Å². The van der Waals surface area contributed by atoms with E-state index in [1.807, 2.05) is 6.07 Å². The number of rotatable bonds is 6. The zero-order valence-electron chi connectivity index (χ0n) is 11.8. The quantitative estimate of drug-likeness (QED) is 0.868. The summed E-state index contributed by atoms with van der Waals surface area (Å²) in [5.74, 6) is -0.792. The minimum atomic E-state index is -0.792. The zero-order valence-corrected chi connectivity index (χ0v) is 11.8. The maximum absolute atomic E-state index is 10.5. The van der Waals surface area contributed by atoms with E-state index in [0.717, 1.165) is 32.5 Å². The van der Waals surface area contributed by atoms with Crippen LogP contribution in [0.5, 0.6) is 0 Å². The average Bonchev–Trinajstić information content (AvgIpc) is 2.65. The Morgan fingerprint density at radius 3 is 2.85 bits per heavy atom. The molecule has 1 saturated heterocycles. The summed E-state index contributed by atoms with van der Waals surface area (Å²) in [5.41, 5.74) is 1.32. The van der Waals surface area contributed by atoms with Crippen molar-refractivity contribution in [3.8, 4) is 0 Å². The standard InChI is InChI=1S/C16H23NO3/c18-16(19)9-11-20-15-8-4-5-10-17(13-15)12-14-6-2-1-3-7-14/h1-3,6-7,15H,4-5,8-13H2,(H,18,19). The largest absolute Gasteiger partial charge is 0.481 e. The minimum absolute atomic E-state index is 0.0924. The van der Waals surface area contributed by atoms with Gasteiger partial charge in [0.2, 0.25) is 0 Å². The lowest BCUT2D eigenvalue weighted by Gasteiger charge is -2.24. The highest BCUT2D eigenvalue weighted by atomic mass is 16.5. The number of carboxylic acid groups (broad SMARTS) is 1. The summed E-state index contributed by atoms with van der Waals surface area (Å²) in [6.07, 6.45) is 3.63. The number of ether oxygens (including phenoxy) is 1. The molecule has 0 amide bonds. The highest BCUT2D eigenvalue weighted by Crippen LogP contribution is 2.16. The van der Waals surface area contributed by atoms with Gasteiger partial charge in [-0.25, -0.2) is 0 Å². The van der Waals surface area contributed by atoms with Gasteiger partial charge in [-0.05, 0) is 31.4 Å². The van der Waals surface area contributed by atoms with E-state index in [1.165, 1.54) is 12.0 Å². The lowest BCUT2D eigenvalue weighted by atomic mass is 10.2. The van der Waals surface area contributed by atoms with Crippen LogP contribution in [-0.4, -0.2) is 41.8 Å². The van der Waals surface area contributed by atoms with Crippen LogP contribution in [0.1, 0.15) is 31.2 Å². The molecule has 110 valence electrons. The molecule has 1 unspecified atom stereocenters. The van der Waals surface area contributed by atoms with Gasteiger partial charge in [-0.1, -0.05) is 30.3 Å². The van der Waals surface area contributed by atoms with E-state index in [-0.39, 0.29) is 12.5 Å². The third-order valence-corrected chi connectivity index (χ3v) is 3.63. The van der Waals surface area contributed by atoms with Gasteiger partial charge in [-0.3, -0.25) is 9.69 Å². The first kappa shape index (κ1) is 15.0. The third-order valence-electron chi connectivity index (χ3n) is 3.63. The van der Waals surface area contributed by atoms with Gasteiger partial charge in [0.25, 0.3) is 0 Å². The van der Waals surface area contributed by atoms with Crippen LogP contribution in [0.3, 0.4) is 0 Å². The molecule has 0 saturated carbocycles. The number of likely N-dealkylation sites (tertiary alicyclic amines) is 1. The Bertz CT molecular complexity index is 407. The van der Waals surface area contributed by atoms with Crippen molar-refractivity contribution in [1.29, 1.82) is 0 Å². The van der Waals surface area contributed by atoms with Crippen LogP contribution in [0, 0.1) is 0 Å². The summed E-state index contributed by atoms with van der Waals surface area (Å²) in [6, 6.07) is 10.4. The minimum Gasteiger partial charge on any atom is -0.481 e. The van der Waals surface area contributed by atoms with Crippen molar-refractivity contribution in [2.45, 2.75) is 38.3 Å². The van der Waals surface area contributed by atoms with E-state index < -0.39 is 5.97 Å². The summed E-state index contributed by atoms with van der Waals surface area (Å²) in [4.78, 5) is 12.9. The van der Waals surface area contributed by atoms with Crippen LogP contribution < -0.4 is 0 Å². The van der Waals surface area contributed by atoms with Crippen LogP contribution in [0.25, 0.3) is 0 Å². The van der Waals surface area contributed by atoms with Gasteiger partial charge in [0.15, 0.2) is 0 Å². The highest BCUT2D eigenvalue weighted by Gasteiger charge is 2.18. The summed E-state index contributed by atoms with van der Waals surface area (Å²) < 4.78 is 5.72. The Morgan fingerprint density at radius 2 is 2.10 bits per heavy atom. The maximum Gasteiger partial charge on any atom is 0.305 e. The Hall–Kier alpha value is -1.39. The predicted molar refractivity (Wildman–Crippen MR) is 77.6 cm³/mol. The molecule has 1 N–H and O–H groups in total. The maximum atomic E-state index is 10.5. The first-order chi connectivity index (χ1) is 9.74. The first-order valence-corrected chi connectivity index (χ1v) is 7.34. The molecule has 1 heterocycles. The van der Waals surface area contributed by atoms with Crippen molar-refractivity contribution in [3.05, 3.63) is 35.9 Å². The van der Waals surface area contributed by atoms with Crippen LogP contribution in [0.15, 0.2) is 30.3 Å². The normalized spacial score (nSPS) is 20.5. The van der Waals surface area contributed by atoms with E-state index in [4.69, 9.17) is 9.84 Å². The number of nitrogens with zero attached hydrogens (tertiary/aromatic N) is 1. The van der Waals surface area contributed by atoms with Crippen LogP contribution >= 0.6 is 0 Å². The lowest BCUT2D eigenvalue weighted by Crippen LogP contribution is -2.32. The van der Waals surface area contributed by atoms with Crippen molar-refractivity contribution in [3.63, 3.8) is 0 Å². The summed E-state index contributed by atoms with van der Waals surface area (Å²) >= 11 is 0. The molecule has 0 radical (unpaired) electrons. The molecule has 1 fully saturated rings. The number of carbonyl (C=O) groups is 1. The smallest absolute Gasteiger partial charge is 0.305 e. The predicted octanol–water partition coefficient (Wildman–Crippen LogP) is 2.53. The fraction of sp³-hybridized carbons (Fsp3) is 0.562. The molecule has 1 aliphatic heterocycles. The fourth-order valence-corrected chi connectivity index (χ4v) is 2.61. The van der Waals surface area contributed by atoms with Gasteiger partial charge >= 0.3 is 5.97 Å². The van der Waals surface area contributed by atoms with Gasteiger partial charge in [-0.2, -0.15) is 0 Å². The Morgan fingerprint density at radius 1 is 1.30 bits per heavy atom. The topological polar surface area (TPSA) is 49.8 Å². The van der Waals surface area contributed by atoms with E-state index >= 15 is 0 Å². The van der Waals surface area contributed by atoms with Gasteiger partial charge in [0.05, 0.1) is 19.1 Å². The second-order valence-electron chi connectivity index (χ2n) is 5.35. The van der Waals surface area contributed by atoms with E-state index in [0.29, 0.717) is 6.61 Å². The SMILES string of the molecule is O=C(O)CCOC1CCCCN(Cc2ccccc2)C1. The molecule has 20 heavy (non-hydrogen) atoms. The Labute approximate surface area is 120 Å². The van der Waals surface area contributed by atoms with Crippen molar-refractivity contribution < 1.29 is 14.6 Å². The molecule has 0 aliphatic carbocycles. The van der Waals surface area contributed by atoms with E-state index in [9.17, 15) is 4.79 Å². The van der Waals surface area contributed by atoms with E-state index in [2.05, 4.69) is 29.2 Å². The van der Waals surface area contributed by atoms with Gasteiger partial charge < -0.3 is 9.84 Å². The molecule has 0 spiro atoms. The number of hydrogen-bond donors (Lipinski definition) is 1. The Kier molecular flexibility index (Phi) is 6.02. The van der Waals surface area contributed by atoms with Gasteiger partial charge in [-0.15, -0.1) is 0 Å². The summed E-state index contributed by atoms with van der Waals surface area (Å²) in [5, 5.41) is 8.65. The number of benzene rings is 1. The van der Waals surface area contributed by atoms with Crippen LogP contribution in [0.2, 0.25) is 0 Å². The molecule has 0 bridgehead atoms. The molecule has 1 aromatic carbocycles. The fourth-order valence-electron chi connectivity index (χ4n) is 2.61. The number of carboxylic acids is 1. The lowest BCUT2D eigenvalue weighted by molar-refractivity contribution is -0.138. The molecule has 1 atom stereocenters. The molecule has 0 aromatic heterocycles. The number of aliphatic carboxylic acids is 1. The summed E-state index contributed by atoms with van der Waals surface area (Å²) in [6.45, 7) is 3.25. The summed E-state index contributed by atoms with van der Waals surface area (Å²) in [7, 11) is 0. The first-order valence-electron chi connectivity index (χ1n) is 7.34. The van der Waals surface area contributed by atoms with Crippen LogP contribution in [0.4, 0.5) is 0 Å². The molecule has 4 heteroatoms. The molecular formula is C16H23NO3. The molecule has 4 nitrogen and oxygen atoms in total. The molecule has 1 aliphatic rings. The van der Waals surface area contributed by atoms with Gasteiger partial charge in [0.1, 0.15) is 0 Å². The van der Waals surface area contributed by atoms with Crippen molar-refractivity contribution in [1.82, 2.24) is 4.90 Å². The van der Waals surface area contributed by atoms with Crippen molar-refractivity contribution in [2.75, 3.05) is 19.7 Å². The molecule has 1 aromatic rings. The zero-order chi connectivity index (χ0) is 14.2. The third kappa shape index (κ3) is 5.31. The molecule has 2 rings (SSSR count). The molecular weight excluding hydrogens is 254 g/mol. The Balaban J connectivity index is 1.82. The second-order valence-corrected chi connectivity index (χ2v) is 5.35. The second kappa shape index (κ2) is 8.02.